The van der Waals surface area contributed by atoms with E-state index in [9.17, 15) is 4.79 Å². The van der Waals surface area contributed by atoms with Gasteiger partial charge in [0.25, 0.3) is 0 Å². The number of fused-ring (bicyclic) bond motifs is 5. The van der Waals surface area contributed by atoms with Gasteiger partial charge in [0.05, 0.1) is 44.8 Å². The second kappa shape index (κ2) is 11.4. The molecular formula is C32H42N2O6. The minimum Gasteiger partial charge on any atom is -0.504 e. The molecule has 0 bridgehead atoms. The topological polar surface area (TPSA) is 78.5 Å². The summed E-state index contributed by atoms with van der Waals surface area (Å²) in [5, 5.41) is 3.84. The zero-order valence-electron chi connectivity index (χ0n) is 24.5. The fourth-order valence-electron chi connectivity index (χ4n) is 7.52. The number of hydrogen-bond acceptors (Lipinski definition) is 8. The Bertz CT molecular complexity index is 1250. The number of nitrogens with zero attached hydrogens (tertiary/aromatic N) is 1. The summed E-state index contributed by atoms with van der Waals surface area (Å²) >= 11 is 0. The van der Waals surface area contributed by atoms with Crippen LogP contribution in [0.1, 0.15) is 38.7 Å². The summed E-state index contributed by atoms with van der Waals surface area (Å²) in [6, 6.07) is 14.5. The quantitative estimate of drug-likeness (QED) is 0.260. The van der Waals surface area contributed by atoms with E-state index in [0.29, 0.717) is 18.6 Å². The SMILES string of the molecule is CCO[C@]12CCN3C[C@@H](CC)[C@@H](/C(=C\OC)C(=O)OC)C[C@H]3[C@@]1(OC)Nc1cc(-c3ccccc3)cc(OC)c12. The number of benzene rings is 2. The fraction of sp³-hybridized carbons (Fsp3) is 0.531. The van der Waals surface area contributed by atoms with Gasteiger partial charge in [-0.2, -0.15) is 0 Å². The Morgan fingerprint density at radius 1 is 1.10 bits per heavy atom. The van der Waals surface area contributed by atoms with Crippen LogP contribution in [0, 0.1) is 11.8 Å². The number of methoxy groups -OCH3 is 4. The molecule has 2 aromatic carbocycles. The molecule has 0 unspecified atom stereocenters. The molecule has 5 atom stereocenters. The van der Waals surface area contributed by atoms with Crippen LogP contribution in [-0.2, 0) is 29.3 Å². The van der Waals surface area contributed by atoms with Gasteiger partial charge >= 0.3 is 5.97 Å². The molecule has 3 heterocycles. The van der Waals surface area contributed by atoms with Crippen LogP contribution < -0.4 is 10.1 Å². The number of rotatable bonds is 9. The van der Waals surface area contributed by atoms with Crippen LogP contribution >= 0.6 is 0 Å². The summed E-state index contributed by atoms with van der Waals surface area (Å²) < 4.78 is 30.0. The van der Waals surface area contributed by atoms with Crippen molar-refractivity contribution in [1.82, 2.24) is 4.90 Å². The lowest BCUT2D eigenvalue weighted by atomic mass is 9.67. The first-order chi connectivity index (χ1) is 19.4. The van der Waals surface area contributed by atoms with Crippen LogP contribution in [0.25, 0.3) is 11.1 Å². The fourth-order valence-corrected chi connectivity index (χ4v) is 7.52. The van der Waals surface area contributed by atoms with Gasteiger partial charge in [0, 0.05) is 32.5 Å². The first-order valence-corrected chi connectivity index (χ1v) is 14.2. The number of carbonyl (C=O) groups is 1. The average molecular weight is 551 g/mol. The summed E-state index contributed by atoms with van der Waals surface area (Å²) in [4.78, 5) is 15.4. The highest BCUT2D eigenvalue weighted by atomic mass is 16.6. The molecule has 0 spiro atoms. The van der Waals surface area contributed by atoms with E-state index in [1.165, 1.54) is 7.11 Å². The molecule has 0 aliphatic carbocycles. The number of piperidine rings is 2. The standard InChI is InChI=1S/C32H42N2O6/c1-7-21-19-34-15-14-31(40-8-2)29-26(16-23(17-27(29)37-4)22-12-10-9-11-13-22)33-32(31,39-6)28(34)18-24(21)25(20-36-3)30(35)38-5/h9-13,16-17,20-21,24,28,33H,7-8,14-15,18-19H2,1-6H3/b25-20+/t21-,24+,28+,31+,32+/m1/s1. The molecule has 2 saturated heterocycles. The van der Waals surface area contributed by atoms with E-state index >= 15 is 0 Å². The van der Waals surface area contributed by atoms with Gasteiger partial charge < -0.3 is 29.0 Å². The van der Waals surface area contributed by atoms with Crippen molar-refractivity contribution >= 4 is 11.7 Å². The molecule has 216 valence electrons. The van der Waals surface area contributed by atoms with Crippen LogP contribution in [0.15, 0.2) is 54.3 Å². The smallest absolute Gasteiger partial charge is 0.337 e. The number of nitrogens with one attached hydrogen (secondary N) is 1. The highest BCUT2D eigenvalue weighted by molar-refractivity contribution is 5.88. The normalized spacial score (nSPS) is 29.6. The van der Waals surface area contributed by atoms with Crippen molar-refractivity contribution in [3.05, 3.63) is 59.9 Å². The first kappa shape index (κ1) is 28.5. The molecule has 8 nitrogen and oxygen atoms in total. The predicted octanol–water partition coefficient (Wildman–Crippen LogP) is 5.19. The molecule has 0 saturated carbocycles. The minimum absolute atomic E-state index is 0.0598. The molecule has 40 heavy (non-hydrogen) atoms. The van der Waals surface area contributed by atoms with Crippen LogP contribution in [-0.4, -0.2) is 70.8 Å². The van der Waals surface area contributed by atoms with E-state index in [0.717, 1.165) is 54.1 Å². The lowest BCUT2D eigenvalue weighted by Crippen LogP contribution is -2.73. The Hall–Kier alpha value is -3.07. The third kappa shape index (κ3) is 4.28. The van der Waals surface area contributed by atoms with E-state index in [4.69, 9.17) is 23.7 Å². The lowest BCUT2D eigenvalue weighted by molar-refractivity contribution is -0.246. The summed E-state index contributed by atoms with van der Waals surface area (Å²) in [6.45, 7) is 6.39. The Kier molecular flexibility index (Phi) is 8.13. The molecule has 0 aromatic heterocycles. The van der Waals surface area contributed by atoms with Gasteiger partial charge in [0.1, 0.15) is 11.4 Å². The summed E-state index contributed by atoms with van der Waals surface area (Å²) in [7, 11) is 6.47. The van der Waals surface area contributed by atoms with Gasteiger partial charge in [-0.15, -0.1) is 0 Å². The molecule has 2 fully saturated rings. The van der Waals surface area contributed by atoms with Crippen LogP contribution in [0.4, 0.5) is 5.69 Å². The highest BCUT2D eigenvalue weighted by Gasteiger charge is 2.69. The second-order valence-electron chi connectivity index (χ2n) is 10.9. The zero-order valence-corrected chi connectivity index (χ0v) is 24.5. The molecule has 1 N–H and O–H groups in total. The van der Waals surface area contributed by atoms with Crippen LogP contribution in [0.3, 0.4) is 0 Å². The molecular weight excluding hydrogens is 508 g/mol. The van der Waals surface area contributed by atoms with Crippen molar-refractivity contribution in [1.29, 1.82) is 0 Å². The average Bonchev–Trinajstić information content (AvgIpc) is 3.29. The van der Waals surface area contributed by atoms with Gasteiger partial charge in [0.15, 0.2) is 5.72 Å². The minimum atomic E-state index is -0.905. The van der Waals surface area contributed by atoms with Gasteiger partial charge in [-0.05, 0) is 54.9 Å². The van der Waals surface area contributed by atoms with E-state index < -0.39 is 11.3 Å². The maximum Gasteiger partial charge on any atom is 0.337 e. The number of carbonyl (C=O) groups excluding carboxylic acids is 1. The predicted molar refractivity (Wildman–Crippen MR) is 154 cm³/mol. The van der Waals surface area contributed by atoms with E-state index in [-0.39, 0.29) is 23.8 Å². The van der Waals surface area contributed by atoms with Crippen molar-refractivity contribution in [2.75, 3.05) is 53.5 Å². The molecule has 2 aromatic rings. The Labute approximate surface area is 237 Å². The van der Waals surface area contributed by atoms with Crippen LogP contribution in [0.2, 0.25) is 0 Å². The van der Waals surface area contributed by atoms with Gasteiger partial charge in [-0.3, -0.25) is 4.90 Å². The van der Waals surface area contributed by atoms with E-state index in [2.05, 4.69) is 41.4 Å². The lowest BCUT2D eigenvalue weighted by Gasteiger charge is -2.59. The molecule has 0 amide bonds. The maximum atomic E-state index is 12.9. The van der Waals surface area contributed by atoms with Crippen molar-refractivity contribution in [3.63, 3.8) is 0 Å². The highest BCUT2D eigenvalue weighted by Crippen LogP contribution is 2.61. The number of esters is 1. The Morgan fingerprint density at radius 2 is 1.88 bits per heavy atom. The molecule has 3 aliphatic heterocycles. The molecule has 8 heteroatoms. The maximum absolute atomic E-state index is 12.9. The molecule has 5 rings (SSSR count). The van der Waals surface area contributed by atoms with Crippen LogP contribution in [0.5, 0.6) is 5.75 Å². The van der Waals surface area contributed by atoms with Crippen molar-refractivity contribution in [2.24, 2.45) is 11.8 Å². The number of anilines is 1. The third-order valence-corrected chi connectivity index (χ3v) is 9.23. The first-order valence-electron chi connectivity index (χ1n) is 14.2. The number of hydrogen-bond donors (Lipinski definition) is 1. The van der Waals surface area contributed by atoms with E-state index in [1.54, 1.807) is 27.6 Å². The van der Waals surface area contributed by atoms with Gasteiger partial charge in [0.2, 0.25) is 0 Å². The van der Waals surface area contributed by atoms with Crippen molar-refractivity contribution in [2.45, 2.75) is 50.5 Å². The largest absolute Gasteiger partial charge is 0.504 e. The monoisotopic (exact) mass is 550 g/mol. The summed E-state index contributed by atoms with van der Waals surface area (Å²) in [6.07, 6.45) is 3.91. The zero-order chi connectivity index (χ0) is 28.5. The number of ether oxygens (including phenoxy) is 5. The van der Waals surface area contributed by atoms with E-state index in [1.807, 2.05) is 25.1 Å². The summed E-state index contributed by atoms with van der Waals surface area (Å²) in [5.74, 6) is 0.635. The molecule has 3 aliphatic rings. The van der Waals surface area contributed by atoms with Gasteiger partial charge in [-0.25, -0.2) is 4.79 Å². The Balaban J connectivity index is 1.65. The Morgan fingerprint density at radius 3 is 2.50 bits per heavy atom. The second-order valence-corrected chi connectivity index (χ2v) is 10.9. The van der Waals surface area contributed by atoms with Gasteiger partial charge in [-0.1, -0.05) is 43.7 Å². The van der Waals surface area contributed by atoms with Crippen molar-refractivity contribution in [3.8, 4) is 16.9 Å². The third-order valence-electron chi connectivity index (χ3n) is 9.23. The molecule has 0 radical (unpaired) electrons. The van der Waals surface area contributed by atoms with Crippen molar-refractivity contribution < 1.29 is 28.5 Å². The summed E-state index contributed by atoms with van der Waals surface area (Å²) in [5.41, 5.74) is 2.98.